The molecule has 1 unspecified atom stereocenters. The first kappa shape index (κ1) is 18.5. The fraction of sp³-hybridized carbons (Fsp3) is 0.889. The van der Waals surface area contributed by atoms with E-state index in [-0.39, 0.29) is 6.54 Å². The summed E-state index contributed by atoms with van der Waals surface area (Å²) in [4.78, 5) is 10.9. The Morgan fingerprint density at radius 2 is 1.76 bits per heavy atom. The van der Waals surface area contributed by atoms with Gasteiger partial charge in [0.15, 0.2) is 0 Å². The molecule has 3 N–H and O–H groups in total. The van der Waals surface area contributed by atoms with E-state index in [1.54, 1.807) is 27.7 Å². The number of aliphatic hydroxyl groups is 1. The fourth-order valence-electron chi connectivity index (χ4n) is 0.545. The lowest BCUT2D eigenvalue weighted by atomic mass is 10.2. The molecule has 0 aliphatic heterocycles. The van der Waals surface area contributed by atoms with Crippen molar-refractivity contribution in [2.45, 2.75) is 39.4 Å². The van der Waals surface area contributed by atoms with Gasteiger partial charge in [0.05, 0.1) is 12.4 Å². The molecule has 0 spiro atoms. The Kier molecular flexibility index (Phi) is 8.12. The molecule has 8 heteroatoms. The zero-order valence-corrected chi connectivity index (χ0v) is 11.5. The smallest absolute Gasteiger partial charge is 0.407 e. The van der Waals surface area contributed by atoms with Gasteiger partial charge < -0.3 is 15.2 Å². The Balaban J connectivity index is 0. The maximum Gasteiger partial charge on any atom is 0.407 e. The molecule has 0 aromatic carbocycles. The minimum absolute atomic E-state index is 0.217. The largest absolute Gasteiger partial charge is 0.444 e. The monoisotopic (exact) mass is 271 g/mol. The number of ether oxygens (including phenoxy) is 1. The first-order valence-electron chi connectivity index (χ1n) is 4.88. The average Bonchev–Trinajstić information content (AvgIpc) is 1.93. The molecule has 0 aliphatic rings. The van der Waals surface area contributed by atoms with Crippen molar-refractivity contribution in [2.24, 2.45) is 0 Å². The molecule has 7 nitrogen and oxygen atoms in total. The van der Waals surface area contributed by atoms with Gasteiger partial charge in [-0.25, -0.2) is 4.79 Å². The summed E-state index contributed by atoms with van der Waals surface area (Å²) < 4.78 is 30.8. The van der Waals surface area contributed by atoms with Crippen molar-refractivity contribution in [3.8, 4) is 0 Å². The molecular weight excluding hydrogens is 250 g/mol. The molecule has 0 aromatic rings. The molecule has 0 saturated heterocycles. The Morgan fingerprint density at radius 3 is 2.00 bits per heavy atom. The standard InChI is InChI=1S/C8H17NO3.CH4O3S/c1-6(10)5-9-7(11)12-8(2,3)4;1-5(2,3)4/h6,10H,5H2,1-4H3,(H,9,11);1H3,(H,2,3,4). The third kappa shape index (κ3) is 31.3. The topological polar surface area (TPSA) is 113 Å². The second-order valence-electron chi connectivity index (χ2n) is 4.46. The molecule has 1 atom stereocenters. The Bertz CT molecular complexity index is 309. The molecule has 0 saturated carbocycles. The lowest BCUT2D eigenvalue weighted by Gasteiger charge is -2.19. The second-order valence-corrected chi connectivity index (χ2v) is 5.93. The number of aliphatic hydroxyl groups excluding tert-OH is 1. The van der Waals surface area contributed by atoms with Crippen molar-refractivity contribution in [3.63, 3.8) is 0 Å². The molecule has 0 aromatic heterocycles. The Morgan fingerprint density at radius 1 is 1.41 bits per heavy atom. The van der Waals surface area contributed by atoms with Crippen molar-refractivity contribution in [2.75, 3.05) is 12.8 Å². The van der Waals surface area contributed by atoms with Crippen molar-refractivity contribution >= 4 is 16.2 Å². The summed E-state index contributed by atoms with van der Waals surface area (Å²) in [5.41, 5.74) is -0.483. The maximum absolute atomic E-state index is 10.9. The molecule has 17 heavy (non-hydrogen) atoms. The highest BCUT2D eigenvalue weighted by Gasteiger charge is 2.15. The molecule has 0 heterocycles. The van der Waals surface area contributed by atoms with Crippen LogP contribution in [-0.4, -0.2) is 48.7 Å². The van der Waals surface area contributed by atoms with Crippen LogP contribution in [0, 0.1) is 0 Å². The predicted octanol–water partition coefficient (Wildman–Crippen LogP) is 0.396. The third-order valence-corrected chi connectivity index (χ3v) is 0.941. The number of hydrogen-bond donors (Lipinski definition) is 3. The van der Waals surface area contributed by atoms with Gasteiger partial charge in [-0.05, 0) is 27.7 Å². The van der Waals surface area contributed by atoms with Gasteiger partial charge in [0.1, 0.15) is 5.60 Å². The number of alkyl carbamates (subject to hydrolysis) is 1. The molecular formula is C9H21NO6S. The summed E-state index contributed by atoms with van der Waals surface area (Å²) in [7, 11) is -3.67. The van der Waals surface area contributed by atoms with Crippen LogP contribution in [0.3, 0.4) is 0 Å². The molecule has 0 rings (SSSR count). The van der Waals surface area contributed by atoms with Gasteiger partial charge in [0.2, 0.25) is 0 Å². The van der Waals surface area contributed by atoms with E-state index >= 15 is 0 Å². The Labute approximate surface area is 102 Å². The number of nitrogens with one attached hydrogen (secondary N) is 1. The lowest BCUT2D eigenvalue weighted by Crippen LogP contribution is -2.36. The highest BCUT2D eigenvalue weighted by atomic mass is 32.2. The van der Waals surface area contributed by atoms with Crippen LogP contribution in [0.4, 0.5) is 4.79 Å². The summed E-state index contributed by atoms with van der Waals surface area (Å²) in [6.45, 7) is 7.17. The summed E-state index contributed by atoms with van der Waals surface area (Å²) in [6.07, 6.45) is -0.326. The maximum atomic E-state index is 10.9. The second kappa shape index (κ2) is 7.46. The SMILES string of the molecule is CC(O)CNC(=O)OC(C)(C)C.CS(=O)(=O)O. The van der Waals surface area contributed by atoms with Crippen molar-refractivity contribution in [1.29, 1.82) is 0 Å². The van der Waals surface area contributed by atoms with Gasteiger partial charge in [-0.15, -0.1) is 0 Å². The quantitative estimate of drug-likeness (QED) is 0.626. The van der Waals surface area contributed by atoms with Gasteiger partial charge in [-0.3, -0.25) is 4.55 Å². The molecule has 0 aliphatic carbocycles. The van der Waals surface area contributed by atoms with Gasteiger partial charge in [0, 0.05) is 6.54 Å². The number of amides is 1. The van der Waals surface area contributed by atoms with Crippen LogP contribution in [0.25, 0.3) is 0 Å². The van der Waals surface area contributed by atoms with E-state index in [1.807, 2.05) is 0 Å². The van der Waals surface area contributed by atoms with Crippen LogP contribution in [0.15, 0.2) is 0 Å². The zero-order valence-electron chi connectivity index (χ0n) is 10.7. The van der Waals surface area contributed by atoms with Crippen molar-refractivity contribution in [1.82, 2.24) is 5.32 Å². The van der Waals surface area contributed by atoms with E-state index in [2.05, 4.69) is 5.32 Å². The number of carbonyl (C=O) groups excluding carboxylic acids is 1. The van der Waals surface area contributed by atoms with Crippen LogP contribution < -0.4 is 5.32 Å². The van der Waals surface area contributed by atoms with Crippen molar-refractivity contribution in [3.05, 3.63) is 0 Å². The predicted molar refractivity (Wildman–Crippen MR) is 63.4 cm³/mol. The van der Waals surface area contributed by atoms with Gasteiger partial charge in [-0.1, -0.05) is 0 Å². The minimum Gasteiger partial charge on any atom is -0.444 e. The summed E-state index contributed by atoms with van der Waals surface area (Å²) in [5, 5.41) is 11.3. The Hall–Kier alpha value is -0.860. The van der Waals surface area contributed by atoms with E-state index in [0.717, 1.165) is 0 Å². The molecule has 0 radical (unpaired) electrons. The van der Waals surface area contributed by atoms with Crippen LogP contribution in [0.1, 0.15) is 27.7 Å². The number of rotatable bonds is 2. The average molecular weight is 271 g/mol. The molecule has 1 amide bonds. The van der Waals surface area contributed by atoms with E-state index < -0.39 is 27.9 Å². The van der Waals surface area contributed by atoms with Crippen LogP contribution in [0.5, 0.6) is 0 Å². The fourth-order valence-corrected chi connectivity index (χ4v) is 0.545. The summed E-state index contributed by atoms with van der Waals surface area (Å²) in [5.74, 6) is 0. The highest BCUT2D eigenvalue weighted by molar-refractivity contribution is 7.85. The van der Waals surface area contributed by atoms with E-state index in [9.17, 15) is 13.2 Å². The summed E-state index contributed by atoms with van der Waals surface area (Å²) in [6, 6.07) is 0. The minimum atomic E-state index is -3.67. The molecule has 0 bridgehead atoms. The normalized spacial score (nSPS) is 13.1. The third-order valence-electron chi connectivity index (χ3n) is 0.941. The van der Waals surface area contributed by atoms with E-state index in [1.165, 1.54) is 0 Å². The van der Waals surface area contributed by atoms with E-state index in [0.29, 0.717) is 6.26 Å². The summed E-state index contributed by atoms with van der Waals surface area (Å²) >= 11 is 0. The number of carbonyl (C=O) groups is 1. The zero-order chi connectivity index (χ0) is 14.3. The first-order valence-corrected chi connectivity index (χ1v) is 6.73. The number of hydrogen-bond acceptors (Lipinski definition) is 5. The van der Waals surface area contributed by atoms with E-state index in [4.69, 9.17) is 14.4 Å². The van der Waals surface area contributed by atoms with Crippen LogP contribution in [0.2, 0.25) is 0 Å². The van der Waals surface area contributed by atoms with Crippen LogP contribution >= 0.6 is 0 Å². The molecule has 0 fully saturated rings. The van der Waals surface area contributed by atoms with Gasteiger partial charge in [-0.2, -0.15) is 8.42 Å². The van der Waals surface area contributed by atoms with Gasteiger partial charge in [0.25, 0.3) is 10.1 Å². The first-order chi connectivity index (χ1) is 7.31. The molecule has 104 valence electrons. The van der Waals surface area contributed by atoms with Crippen LogP contribution in [-0.2, 0) is 14.9 Å². The lowest BCUT2D eigenvalue weighted by molar-refractivity contribution is 0.0498. The van der Waals surface area contributed by atoms with Gasteiger partial charge >= 0.3 is 6.09 Å². The van der Waals surface area contributed by atoms with Crippen molar-refractivity contribution < 1.29 is 27.6 Å². The highest BCUT2D eigenvalue weighted by Crippen LogP contribution is 2.06.